The van der Waals surface area contributed by atoms with Crippen LogP contribution < -0.4 is 4.74 Å². The van der Waals surface area contributed by atoms with Crippen molar-refractivity contribution in [3.05, 3.63) is 28.3 Å². The minimum Gasteiger partial charge on any atom is -0.496 e. The van der Waals surface area contributed by atoms with E-state index in [1.54, 1.807) is 24.0 Å². The van der Waals surface area contributed by atoms with Crippen LogP contribution in [0.25, 0.3) is 0 Å². The minimum absolute atomic E-state index is 0.0324. The Morgan fingerprint density at radius 3 is 2.38 bits per heavy atom. The lowest BCUT2D eigenvalue weighted by Crippen LogP contribution is -2.61. The van der Waals surface area contributed by atoms with Crippen LogP contribution in [0.1, 0.15) is 43.7 Å². The fraction of sp³-hybridized carbons (Fsp3) is 0.450. The van der Waals surface area contributed by atoms with Gasteiger partial charge < -0.3 is 9.64 Å². The van der Waals surface area contributed by atoms with Gasteiger partial charge in [-0.25, -0.2) is 0 Å². The molecule has 0 atom stereocenters. The summed E-state index contributed by atoms with van der Waals surface area (Å²) >= 11 is 6.39. The van der Waals surface area contributed by atoms with Crippen LogP contribution >= 0.6 is 11.6 Å². The summed E-state index contributed by atoms with van der Waals surface area (Å²) in [6.45, 7) is 4.13. The number of ketones is 2. The van der Waals surface area contributed by atoms with Crippen LogP contribution in [-0.4, -0.2) is 42.6 Å². The molecule has 1 aliphatic carbocycles. The highest BCUT2D eigenvalue weighted by atomic mass is 35.5. The standard InChI is InChI=1S/C20H20ClNO4/c1-4-5-13-6-14(21)18(17(7-13)26-3)19-15(24)8-20(9-16(19)25)10-22(11-20)12(2)23/h6-7,19H,8-11H2,1-3H3. The zero-order valence-corrected chi connectivity index (χ0v) is 15.8. The Morgan fingerprint density at radius 1 is 1.27 bits per heavy atom. The number of benzene rings is 1. The maximum absolute atomic E-state index is 12.9. The number of hydrogen-bond acceptors (Lipinski definition) is 4. The molecule has 1 saturated carbocycles. The molecular formula is C20H20ClNO4. The monoisotopic (exact) mass is 373 g/mol. The van der Waals surface area contributed by atoms with E-state index in [-0.39, 0.29) is 30.3 Å². The van der Waals surface area contributed by atoms with Crippen LogP contribution in [0, 0.1) is 17.3 Å². The summed E-state index contributed by atoms with van der Waals surface area (Å²) in [5.74, 6) is 4.80. The number of ether oxygens (including phenoxy) is 1. The molecule has 0 N–H and O–H groups in total. The topological polar surface area (TPSA) is 63.7 Å². The summed E-state index contributed by atoms with van der Waals surface area (Å²) in [7, 11) is 1.48. The molecule has 2 aliphatic rings. The molecule has 1 spiro atoms. The normalized spacial score (nSPS) is 19.0. The van der Waals surface area contributed by atoms with Crippen molar-refractivity contribution in [1.82, 2.24) is 4.90 Å². The quantitative estimate of drug-likeness (QED) is 0.590. The maximum Gasteiger partial charge on any atom is 0.219 e. The lowest BCUT2D eigenvalue weighted by molar-refractivity contribution is -0.153. The van der Waals surface area contributed by atoms with Crippen molar-refractivity contribution in [1.29, 1.82) is 0 Å². The van der Waals surface area contributed by atoms with E-state index in [0.29, 0.717) is 35.0 Å². The van der Waals surface area contributed by atoms with Gasteiger partial charge in [-0.05, 0) is 19.1 Å². The van der Waals surface area contributed by atoms with Gasteiger partial charge in [0, 0.05) is 54.4 Å². The number of nitrogens with zero attached hydrogens (tertiary/aromatic N) is 1. The van der Waals surface area contributed by atoms with Gasteiger partial charge in [-0.3, -0.25) is 14.4 Å². The van der Waals surface area contributed by atoms with Crippen LogP contribution in [0.3, 0.4) is 0 Å². The van der Waals surface area contributed by atoms with Gasteiger partial charge >= 0.3 is 0 Å². The average Bonchev–Trinajstić information content (AvgIpc) is 2.53. The molecular weight excluding hydrogens is 354 g/mol. The molecule has 0 radical (unpaired) electrons. The molecule has 3 rings (SSSR count). The van der Waals surface area contributed by atoms with E-state index < -0.39 is 11.3 Å². The maximum atomic E-state index is 12.9. The molecule has 1 aromatic carbocycles. The third-order valence-electron chi connectivity index (χ3n) is 5.11. The summed E-state index contributed by atoms with van der Waals surface area (Å²) in [6, 6.07) is 3.35. The van der Waals surface area contributed by atoms with Crippen LogP contribution in [0.4, 0.5) is 0 Å². The molecule has 5 nitrogen and oxygen atoms in total. The molecule has 1 aromatic rings. The fourth-order valence-electron chi connectivity index (χ4n) is 3.98. The van der Waals surface area contributed by atoms with E-state index in [9.17, 15) is 14.4 Å². The SMILES string of the molecule is CC#Cc1cc(Cl)c(C2C(=O)CC3(CC2=O)CN(C(C)=O)C3)c(OC)c1. The number of hydrogen-bond donors (Lipinski definition) is 0. The smallest absolute Gasteiger partial charge is 0.219 e. The van der Waals surface area contributed by atoms with Crippen LogP contribution in [0.5, 0.6) is 5.75 Å². The Balaban J connectivity index is 1.91. The van der Waals surface area contributed by atoms with Gasteiger partial charge in [-0.1, -0.05) is 17.5 Å². The first-order chi connectivity index (χ1) is 12.3. The first kappa shape index (κ1) is 18.5. The van der Waals surface area contributed by atoms with E-state index in [1.807, 2.05) is 0 Å². The lowest BCUT2D eigenvalue weighted by atomic mass is 9.63. The number of carbonyl (C=O) groups excluding carboxylic acids is 3. The molecule has 1 aliphatic heterocycles. The number of amides is 1. The molecule has 6 heteroatoms. The average molecular weight is 374 g/mol. The number of Topliss-reactive ketones (excluding diaryl/α,β-unsaturated/α-hetero) is 2. The minimum atomic E-state index is -0.918. The number of methoxy groups -OCH3 is 1. The van der Waals surface area contributed by atoms with Crippen LogP contribution in [0.2, 0.25) is 5.02 Å². The molecule has 1 saturated heterocycles. The predicted octanol–water partition coefficient (Wildman–Crippen LogP) is 2.58. The summed E-state index contributed by atoms with van der Waals surface area (Å²) in [4.78, 5) is 38.8. The highest BCUT2D eigenvalue weighted by molar-refractivity contribution is 6.32. The Bertz CT molecular complexity index is 839. The summed E-state index contributed by atoms with van der Waals surface area (Å²) in [5, 5.41) is 0.309. The first-order valence-electron chi connectivity index (χ1n) is 8.41. The van der Waals surface area contributed by atoms with Crippen molar-refractivity contribution in [2.24, 2.45) is 5.41 Å². The Hall–Kier alpha value is -2.32. The second-order valence-electron chi connectivity index (χ2n) is 7.04. The van der Waals surface area contributed by atoms with Gasteiger partial charge in [0.2, 0.25) is 5.91 Å². The van der Waals surface area contributed by atoms with Gasteiger partial charge in [-0.2, -0.15) is 0 Å². The second-order valence-corrected chi connectivity index (χ2v) is 7.45. The molecule has 0 aromatic heterocycles. The van der Waals surface area contributed by atoms with Crippen molar-refractivity contribution in [2.45, 2.75) is 32.6 Å². The summed E-state index contributed by atoms with van der Waals surface area (Å²) in [5.41, 5.74) is 0.675. The Kier molecular flexibility index (Phi) is 4.81. The van der Waals surface area contributed by atoms with Gasteiger partial charge in [-0.15, -0.1) is 5.92 Å². The Labute approximate surface area is 157 Å². The molecule has 0 unspecified atom stereocenters. The lowest BCUT2D eigenvalue weighted by Gasteiger charge is -2.52. The van der Waals surface area contributed by atoms with Gasteiger partial charge in [0.1, 0.15) is 23.2 Å². The van der Waals surface area contributed by atoms with E-state index in [2.05, 4.69) is 11.8 Å². The third-order valence-corrected chi connectivity index (χ3v) is 5.42. The first-order valence-corrected chi connectivity index (χ1v) is 8.79. The number of carbonyl (C=O) groups is 3. The van der Waals surface area contributed by atoms with Crippen molar-refractivity contribution >= 4 is 29.1 Å². The summed E-state index contributed by atoms with van der Waals surface area (Å²) < 4.78 is 5.39. The third kappa shape index (κ3) is 3.10. The summed E-state index contributed by atoms with van der Waals surface area (Å²) in [6.07, 6.45) is 0.534. The van der Waals surface area contributed by atoms with E-state index in [1.165, 1.54) is 14.0 Å². The molecule has 2 fully saturated rings. The van der Waals surface area contributed by atoms with E-state index in [4.69, 9.17) is 16.3 Å². The highest BCUT2D eigenvalue weighted by Crippen LogP contribution is 2.47. The van der Waals surface area contributed by atoms with Gasteiger partial charge in [0.05, 0.1) is 7.11 Å². The van der Waals surface area contributed by atoms with Crippen LogP contribution in [-0.2, 0) is 14.4 Å². The molecule has 1 heterocycles. The Morgan fingerprint density at radius 2 is 1.88 bits per heavy atom. The van der Waals surface area contributed by atoms with Gasteiger partial charge in [0.15, 0.2) is 0 Å². The van der Waals surface area contributed by atoms with E-state index in [0.717, 1.165) is 0 Å². The van der Waals surface area contributed by atoms with E-state index >= 15 is 0 Å². The van der Waals surface area contributed by atoms with Crippen LogP contribution in [0.15, 0.2) is 12.1 Å². The second kappa shape index (κ2) is 6.77. The fourth-order valence-corrected chi connectivity index (χ4v) is 4.30. The number of rotatable bonds is 2. The molecule has 0 bridgehead atoms. The van der Waals surface area contributed by atoms with Crippen molar-refractivity contribution in [3.8, 4) is 17.6 Å². The van der Waals surface area contributed by atoms with Gasteiger partial charge in [0.25, 0.3) is 0 Å². The molecule has 1 amide bonds. The molecule has 136 valence electrons. The largest absolute Gasteiger partial charge is 0.496 e. The van der Waals surface area contributed by atoms with Crippen molar-refractivity contribution in [3.63, 3.8) is 0 Å². The number of likely N-dealkylation sites (tertiary alicyclic amines) is 1. The zero-order chi connectivity index (χ0) is 19.1. The predicted molar refractivity (Wildman–Crippen MR) is 97.2 cm³/mol. The number of halogens is 1. The molecule has 26 heavy (non-hydrogen) atoms. The highest BCUT2D eigenvalue weighted by Gasteiger charge is 2.53. The zero-order valence-electron chi connectivity index (χ0n) is 15.0. The van der Waals surface area contributed by atoms with Crippen molar-refractivity contribution in [2.75, 3.05) is 20.2 Å². The van der Waals surface area contributed by atoms with Crippen molar-refractivity contribution < 1.29 is 19.1 Å².